The molecule has 0 saturated heterocycles. The molecule has 0 aliphatic rings. The van der Waals surface area contributed by atoms with Crippen LogP contribution in [0.25, 0.3) is 5.69 Å². The maximum atomic E-state index is 12.5. The van der Waals surface area contributed by atoms with Crippen molar-refractivity contribution in [2.45, 2.75) is 18.7 Å². The van der Waals surface area contributed by atoms with Crippen molar-refractivity contribution in [3.63, 3.8) is 0 Å². The summed E-state index contributed by atoms with van der Waals surface area (Å²) in [7, 11) is 1.61. The summed E-state index contributed by atoms with van der Waals surface area (Å²) in [4.78, 5) is 12.5. The fourth-order valence-electron chi connectivity index (χ4n) is 2.62. The molecule has 3 aromatic rings. The zero-order valence-electron chi connectivity index (χ0n) is 15.8. The van der Waals surface area contributed by atoms with Crippen LogP contribution in [0.4, 0.5) is 5.69 Å². The minimum absolute atomic E-state index is 0.145. The van der Waals surface area contributed by atoms with Crippen molar-refractivity contribution in [2.24, 2.45) is 0 Å². The number of rotatable bonds is 9. The summed E-state index contributed by atoms with van der Waals surface area (Å²) in [6.45, 7) is 2.77. The Morgan fingerprint density at radius 1 is 1.11 bits per heavy atom. The summed E-state index contributed by atoms with van der Waals surface area (Å²) >= 11 is 1.32. The number of ether oxygens (including phenoxy) is 2. The molecule has 2 aromatic carbocycles. The number of nitrogens with zero attached hydrogens (tertiary/aromatic N) is 3. The van der Waals surface area contributed by atoms with E-state index in [0.717, 1.165) is 5.69 Å². The van der Waals surface area contributed by atoms with Crippen molar-refractivity contribution in [3.8, 4) is 11.4 Å². The van der Waals surface area contributed by atoms with Crippen molar-refractivity contribution in [2.75, 3.05) is 24.8 Å². The third-order valence-electron chi connectivity index (χ3n) is 3.78. The Bertz CT molecular complexity index is 915. The SMILES string of the molecule is CCOc1ccccc1NC(=O)CSc1nnc(COC)n1-c1ccccc1. The number of anilines is 1. The van der Waals surface area contributed by atoms with E-state index in [1.807, 2.05) is 66.1 Å². The molecule has 0 bridgehead atoms. The smallest absolute Gasteiger partial charge is 0.234 e. The van der Waals surface area contributed by atoms with Gasteiger partial charge < -0.3 is 14.8 Å². The predicted octanol–water partition coefficient (Wildman–Crippen LogP) is 3.54. The van der Waals surface area contributed by atoms with Crippen LogP contribution in [0.15, 0.2) is 59.8 Å². The van der Waals surface area contributed by atoms with Crippen molar-refractivity contribution in [3.05, 3.63) is 60.4 Å². The number of carbonyl (C=O) groups is 1. The van der Waals surface area contributed by atoms with Crippen LogP contribution in [0.3, 0.4) is 0 Å². The summed E-state index contributed by atoms with van der Waals surface area (Å²) in [6, 6.07) is 17.1. The second kappa shape index (κ2) is 9.91. The van der Waals surface area contributed by atoms with Gasteiger partial charge >= 0.3 is 0 Å². The van der Waals surface area contributed by atoms with E-state index in [2.05, 4.69) is 15.5 Å². The van der Waals surface area contributed by atoms with Gasteiger partial charge in [0.15, 0.2) is 11.0 Å². The second-order valence-electron chi connectivity index (χ2n) is 5.77. The Kier molecular flexibility index (Phi) is 7.05. The molecular weight excluding hydrogens is 376 g/mol. The van der Waals surface area contributed by atoms with E-state index >= 15 is 0 Å². The zero-order valence-corrected chi connectivity index (χ0v) is 16.6. The van der Waals surface area contributed by atoms with Crippen LogP contribution >= 0.6 is 11.8 Å². The number of hydrogen-bond donors (Lipinski definition) is 1. The molecule has 0 radical (unpaired) electrons. The van der Waals surface area contributed by atoms with Gasteiger partial charge in [0.1, 0.15) is 12.4 Å². The van der Waals surface area contributed by atoms with Gasteiger partial charge in [0.05, 0.1) is 18.0 Å². The average molecular weight is 398 g/mol. The number of nitrogens with one attached hydrogen (secondary N) is 1. The quantitative estimate of drug-likeness (QED) is 0.556. The first-order valence-corrected chi connectivity index (χ1v) is 9.84. The first-order chi connectivity index (χ1) is 13.7. The van der Waals surface area contributed by atoms with E-state index in [1.165, 1.54) is 11.8 Å². The van der Waals surface area contributed by atoms with Crippen LogP contribution < -0.4 is 10.1 Å². The average Bonchev–Trinajstić information content (AvgIpc) is 3.12. The standard InChI is InChI=1S/C20H22N4O3S/c1-3-27-17-12-8-7-11-16(17)21-19(25)14-28-20-23-22-18(13-26-2)24(20)15-9-5-4-6-10-15/h4-12H,3,13-14H2,1-2H3,(H,21,25). The van der Waals surface area contributed by atoms with Crippen LogP contribution in [-0.4, -0.2) is 40.1 Å². The number of hydrogen-bond acceptors (Lipinski definition) is 6. The number of thioether (sulfide) groups is 1. The highest BCUT2D eigenvalue weighted by Crippen LogP contribution is 2.25. The molecule has 0 spiro atoms. The first-order valence-electron chi connectivity index (χ1n) is 8.86. The van der Waals surface area contributed by atoms with E-state index in [9.17, 15) is 4.79 Å². The Hall–Kier alpha value is -2.84. The van der Waals surface area contributed by atoms with Gasteiger partial charge in [0, 0.05) is 12.8 Å². The van der Waals surface area contributed by atoms with Crippen LogP contribution in [0.1, 0.15) is 12.7 Å². The van der Waals surface area contributed by atoms with E-state index in [-0.39, 0.29) is 11.7 Å². The lowest BCUT2D eigenvalue weighted by atomic mass is 10.3. The van der Waals surface area contributed by atoms with Gasteiger partial charge in [-0.05, 0) is 31.2 Å². The molecular formula is C20H22N4O3S. The molecule has 28 heavy (non-hydrogen) atoms. The zero-order chi connectivity index (χ0) is 19.8. The van der Waals surface area contributed by atoms with E-state index < -0.39 is 0 Å². The van der Waals surface area contributed by atoms with Gasteiger partial charge in [0.25, 0.3) is 0 Å². The maximum absolute atomic E-state index is 12.5. The highest BCUT2D eigenvalue weighted by Gasteiger charge is 2.16. The van der Waals surface area contributed by atoms with Gasteiger partial charge in [-0.25, -0.2) is 0 Å². The fourth-order valence-corrected chi connectivity index (χ4v) is 3.39. The minimum atomic E-state index is -0.145. The molecule has 0 saturated carbocycles. The third kappa shape index (κ3) is 4.90. The van der Waals surface area contributed by atoms with Crippen LogP contribution in [0.5, 0.6) is 5.75 Å². The number of para-hydroxylation sites is 3. The summed E-state index contributed by atoms with van der Waals surface area (Å²) < 4.78 is 12.7. The molecule has 1 heterocycles. The Balaban J connectivity index is 1.72. The van der Waals surface area contributed by atoms with E-state index in [1.54, 1.807) is 7.11 Å². The molecule has 8 heteroatoms. The van der Waals surface area contributed by atoms with Crippen molar-refractivity contribution in [1.29, 1.82) is 0 Å². The molecule has 1 aromatic heterocycles. The Morgan fingerprint density at radius 3 is 2.61 bits per heavy atom. The van der Waals surface area contributed by atoms with Gasteiger partial charge in [-0.3, -0.25) is 9.36 Å². The molecule has 0 fully saturated rings. The third-order valence-corrected chi connectivity index (χ3v) is 4.71. The monoisotopic (exact) mass is 398 g/mol. The lowest BCUT2D eigenvalue weighted by Crippen LogP contribution is -2.15. The number of benzene rings is 2. The van der Waals surface area contributed by atoms with Gasteiger partial charge in [-0.2, -0.15) is 0 Å². The largest absolute Gasteiger partial charge is 0.492 e. The van der Waals surface area contributed by atoms with E-state index in [0.29, 0.717) is 35.6 Å². The molecule has 0 atom stereocenters. The highest BCUT2D eigenvalue weighted by molar-refractivity contribution is 7.99. The number of carbonyl (C=O) groups excluding carboxylic acids is 1. The first kappa shape index (κ1) is 19.9. The topological polar surface area (TPSA) is 78.3 Å². The maximum Gasteiger partial charge on any atom is 0.234 e. The molecule has 3 rings (SSSR count). The molecule has 146 valence electrons. The minimum Gasteiger partial charge on any atom is -0.492 e. The molecule has 0 aliphatic heterocycles. The second-order valence-corrected chi connectivity index (χ2v) is 6.71. The van der Waals surface area contributed by atoms with Gasteiger partial charge in [-0.15, -0.1) is 10.2 Å². The summed E-state index contributed by atoms with van der Waals surface area (Å²) in [5.41, 5.74) is 1.57. The van der Waals surface area contributed by atoms with E-state index in [4.69, 9.17) is 9.47 Å². The Labute approximate surface area is 168 Å². The van der Waals surface area contributed by atoms with Crippen molar-refractivity contribution in [1.82, 2.24) is 14.8 Å². The van der Waals surface area contributed by atoms with Gasteiger partial charge in [0.2, 0.25) is 5.91 Å². The summed E-state index contributed by atoms with van der Waals surface area (Å²) in [5, 5.41) is 11.9. The lowest BCUT2D eigenvalue weighted by Gasteiger charge is -2.12. The number of aromatic nitrogens is 3. The number of methoxy groups -OCH3 is 1. The molecule has 7 nitrogen and oxygen atoms in total. The van der Waals surface area contributed by atoms with Crippen molar-refractivity contribution >= 4 is 23.4 Å². The molecule has 0 aliphatic carbocycles. The summed E-state index contributed by atoms with van der Waals surface area (Å²) in [5.74, 6) is 1.38. The fraction of sp³-hybridized carbons (Fsp3) is 0.250. The predicted molar refractivity (Wildman–Crippen MR) is 109 cm³/mol. The summed E-state index contributed by atoms with van der Waals surface area (Å²) in [6.07, 6.45) is 0. The molecule has 0 unspecified atom stereocenters. The highest BCUT2D eigenvalue weighted by atomic mass is 32.2. The molecule has 1 N–H and O–H groups in total. The van der Waals surface area contributed by atoms with Crippen LogP contribution in [-0.2, 0) is 16.1 Å². The van der Waals surface area contributed by atoms with Crippen molar-refractivity contribution < 1.29 is 14.3 Å². The molecule has 1 amide bonds. The van der Waals surface area contributed by atoms with Gasteiger partial charge in [-0.1, -0.05) is 42.1 Å². The lowest BCUT2D eigenvalue weighted by molar-refractivity contribution is -0.113. The normalized spacial score (nSPS) is 10.6. The van der Waals surface area contributed by atoms with Crippen LogP contribution in [0.2, 0.25) is 0 Å². The number of amides is 1. The Morgan fingerprint density at radius 2 is 1.86 bits per heavy atom. The van der Waals surface area contributed by atoms with Crippen LogP contribution in [0, 0.1) is 0 Å².